The normalized spacial score (nSPS) is 12.0. The summed E-state index contributed by atoms with van der Waals surface area (Å²) in [4.78, 5) is 13.1. The molecule has 0 saturated carbocycles. The summed E-state index contributed by atoms with van der Waals surface area (Å²) in [6.07, 6.45) is 4.82. The van der Waals surface area contributed by atoms with Crippen molar-refractivity contribution in [2.75, 3.05) is 41.3 Å². The van der Waals surface area contributed by atoms with Crippen molar-refractivity contribution in [1.29, 1.82) is 0 Å². The summed E-state index contributed by atoms with van der Waals surface area (Å²) >= 11 is 4.18. The first-order valence-corrected chi connectivity index (χ1v) is 8.63. The molecule has 0 fully saturated rings. The van der Waals surface area contributed by atoms with Gasteiger partial charge in [0.25, 0.3) is 0 Å². The van der Waals surface area contributed by atoms with Gasteiger partial charge in [0.15, 0.2) is 0 Å². The highest BCUT2D eigenvalue weighted by Crippen LogP contribution is 2.10. The van der Waals surface area contributed by atoms with E-state index in [-0.39, 0.29) is 6.04 Å². The molecular formula is C14H29N7S. The zero-order valence-corrected chi connectivity index (χ0v) is 14.5. The van der Waals surface area contributed by atoms with E-state index >= 15 is 0 Å². The number of unbranched alkanes of at least 4 members (excludes halogenated alkanes) is 3. The number of nitrogens with two attached hydrogens (primary N) is 1. The van der Waals surface area contributed by atoms with Gasteiger partial charge >= 0.3 is 0 Å². The maximum absolute atomic E-state index is 5.75. The minimum Gasteiger partial charge on any atom is -0.354 e. The number of rotatable bonds is 12. The first kappa shape index (κ1) is 18.8. The molecule has 1 rings (SSSR count). The van der Waals surface area contributed by atoms with E-state index in [4.69, 9.17) is 5.73 Å². The minimum atomic E-state index is 0.0380. The monoisotopic (exact) mass is 327 g/mol. The molecule has 8 heteroatoms. The summed E-state index contributed by atoms with van der Waals surface area (Å²) in [7, 11) is 0. The summed E-state index contributed by atoms with van der Waals surface area (Å²) in [6, 6.07) is 0.0380. The van der Waals surface area contributed by atoms with Crippen LogP contribution in [0.4, 0.5) is 17.8 Å². The van der Waals surface area contributed by atoms with Gasteiger partial charge in [0.05, 0.1) is 0 Å². The van der Waals surface area contributed by atoms with Crippen LogP contribution in [0.5, 0.6) is 0 Å². The lowest BCUT2D eigenvalue weighted by atomic mass is 10.2. The van der Waals surface area contributed by atoms with Gasteiger partial charge in [-0.3, -0.25) is 0 Å². The number of nitrogens with one attached hydrogen (secondary N) is 3. The van der Waals surface area contributed by atoms with Crippen molar-refractivity contribution >= 4 is 30.5 Å². The van der Waals surface area contributed by atoms with Crippen LogP contribution in [-0.4, -0.2) is 46.4 Å². The van der Waals surface area contributed by atoms with E-state index in [0.717, 1.165) is 13.0 Å². The third kappa shape index (κ3) is 8.23. The van der Waals surface area contributed by atoms with Gasteiger partial charge in [-0.05, 0) is 13.3 Å². The Hall–Kier alpha value is -1.28. The lowest BCUT2D eigenvalue weighted by molar-refractivity contribution is 0.683. The molecule has 1 heterocycles. The van der Waals surface area contributed by atoms with Crippen LogP contribution in [-0.2, 0) is 0 Å². The molecule has 1 aromatic rings. The number of hydrogen-bond donors (Lipinski definition) is 5. The van der Waals surface area contributed by atoms with Crippen molar-refractivity contribution in [3.8, 4) is 0 Å². The SMILES string of the molecule is CCCCCCNc1nc(NCCS)nc(NCC(C)N)n1. The molecule has 1 atom stereocenters. The van der Waals surface area contributed by atoms with E-state index in [1.54, 1.807) is 0 Å². The van der Waals surface area contributed by atoms with E-state index in [1.807, 2.05) is 6.92 Å². The first-order chi connectivity index (χ1) is 10.7. The Balaban J connectivity index is 2.61. The van der Waals surface area contributed by atoms with Gasteiger partial charge in [0.1, 0.15) is 0 Å². The molecule has 0 aliphatic rings. The van der Waals surface area contributed by atoms with Crippen LogP contribution < -0.4 is 21.7 Å². The van der Waals surface area contributed by atoms with Gasteiger partial charge in [-0.15, -0.1) is 0 Å². The molecule has 22 heavy (non-hydrogen) atoms. The number of thiol groups is 1. The largest absolute Gasteiger partial charge is 0.354 e. The molecule has 126 valence electrons. The maximum atomic E-state index is 5.75. The van der Waals surface area contributed by atoms with Crippen molar-refractivity contribution in [3.05, 3.63) is 0 Å². The van der Waals surface area contributed by atoms with Crippen molar-refractivity contribution < 1.29 is 0 Å². The summed E-state index contributed by atoms with van der Waals surface area (Å²) in [5, 5.41) is 9.51. The molecule has 0 amide bonds. The predicted molar refractivity (Wildman–Crippen MR) is 96.9 cm³/mol. The Kier molecular flexibility index (Phi) is 9.65. The van der Waals surface area contributed by atoms with E-state index in [0.29, 0.717) is 36.7 Å². The van der Waals surface area contributed by atoms with Crippen molar-refractivity contribution in [2.24, 2.45) is 5.73 Å². The molecule has 0 radical (unpaired) electrons. The molecule has 1 aromatic heterocycles. The highest BCUT2D eigenvalue weighted by molar-refractivity contribution is 7.80. The fourth-order valence-electron chi connectivity index (χ4n) is 1.79. The van der Waals surface area contributed by atoms with E-state index < -0.39 is 0 Å². The van der Waals surface area contributed by atoms with Crippen LogP contribution >= 0.6 is 12.6 Å². The molecule has 0 aliphatic heterocycles. The zero-order chi connectivity index (χ0) is 16.2. The zero-order valence-electron chi connectivity index (χ0n) is 13.6. The molecule has 0 spiro atoms. The Morgan fingerprint density at radius 1 is 0.955 bits per heavy atom. The van der Waals surface area contributed by atoms with Crippen LogP contribution in [0.15, 0.2) is 0 Å². The fourth-order valence-corrected chi connectivity index (χ4v) is 1.90. The van der Waals surface area contributed by atoms with Gasteiger partial charge < -0.3 is 21.7 Å². The number of anilines is 3. The first-order valence-electron chi connectivity index (χ1n) is 7.99. The lowest BCUT2D eigenvalue weighted by Gasteiger charge is -2.12. The third-order valence-corrected chi connectivity index (χ3v) is 3.15. The number of hydrogen-bond acceptors (Lipinski definition) is 8. The summed E-state index contributed by atoms with van der Waals surface area (Å²) in [5.74, 6) is 2.38. The van der Waals surface area contributed by atoms with Crippen LogP contribution in [0, 0.1) is 0 Å². The predicted octanol–water partition coefficient (Wildman–Crippen LogP) is 1.96. The second-order valence-corrected chi connectivity index (χ2v) is 5.75. The summed E-state index contributed by atoms with van der Waals surface area (Å²) < 4.78 is 0. The van der Waals surface area contributed by atoms with Gasteiger partial charge in [0, 0.05) is 31.4 Å². The average molecular weight is 328 g/mol. The molecule has 0 aliphatic carbocycles. The second kappa shape index (κ2) is 11.3. The van der Waals surface area contributed by atoms with Gasteiger partial charge in [-0.25, -0.2) is 0 Å². The molecule has 0 saturated heterocycles. The molecule has 0 aromatic carbocycles. The average Bonchev–Trinajstić information content (AvgIpc) is 2.50. The summed E-state index contributed by atoms with van der Waals surface area (Å²) in [6.45, 7) is 6.32. The molecule has 5 N–H and O–H groups in total. The minimum absolute atomic E-state index is 0.0380. The highest BCUT2D eigenvalue weighted by Gasteiger charge is 2.06. The van der Waals surface area contributed by atoms with Crippen molar-refractivity contribution in [3.63, 3.8) is 0 Å². The van der Waals surface area contributed by atoms with E-state index in [9.17, 15) is 0 Å². The van der Waals surface area contributed by atoms with Crippen LogP contribution in [0.1, 0.15) is 39.5 Å². The highest BCUT2D eigenvalue weighted by atomic mass is 32.1. The molecule has 1 unspecified atom stereocenters. The topological polar surface area (TPSA) is 101 Å². The van der Waals surface area contributed by atoms with E-state index in [2.05, 4.69) is 50.5 Å². The second-order valence-electron chi connectivity index (χ2n) is 5.30. The Morgan fingerprint density at radius 2 is 1.55 bits per heavy atom. The lowest BCUT2D eigenvalue weighted by Crippen LogP contribution is -2.26. The Bertz CT molecular complexity index is 414. The van der Waals surface area contributed by atoms with Crippen LogP contribution in [0.25, 0.3) is 0 Å². The number of nitrogens with zero attached hydrogens (tertiary/aromatic N) is 3. The Morgan fingerprint density at radius 3 is 2.09 bits per heavy atom. The Labute approximate surface area is 138 Å². The molecular weight excluding hydrogens is 298 g/mol. The van der Waals surface area contributed by atoms with Crippen molar-refractivity contribution in [2.45, 2.75) is 45.6 Å². The molecule has 0 bridgehead atoms. The van der Waals surface area contributed by atoms with Gasteiger partial charge in [-0.2, -0.15) is 27.6 Å². The standard InChI is InChI=1S/C14H29N7S/c1-3-4-5-6-7-16-12-19-13(17-8-9-22)21-14(20-12)18-10-11(2)15/h11,22H,3-10,15H2,1-2H3,(H3,16,17,18,19,20,21). The smallest absolute Gasteiger partial charge is 0.229 e. The quantitative estimate of drug-likeness (QED) is 0.295. The third-order valence-electron chi connectivity index (χ3n) is 2.93. The summed E-state index contributed by atoms with van der Waals surface area (Å²) in [5.41, 5.74) is 5.75. The van der Waals surface area contributed by atoms with E-state index in [1.165, 1.54) is 19.3 Å². The fraction of sp³-hybridized carbons (Fsp3) is 0.786. The molecule has 7 nitrogen and oxygen atoms in total. The number of aromatic nitrogens is 3. The van der Waals surface area contributed by atoms with Crippen LogP contribution in [0.2, 0.25) is 0 Å². The van der Waals surface area contributed by atoms with Gasteiger partial charge in [-0.1, -0.05) is 26.2 Å². The maximum Gasteiger partial charge on any atom is 0.229 e. The van der Waals surface area contributed by atoms with Crippen molar-refractivity contribution in [1.82, 2.24) is 15.0 Å². The van der Waals surface area contributed by atoms with Crippen LogP contribution in [0.3, 0.4) is 0 Å². The van der Waals surface area contributed by atoms with Gasteiger partial charge in [0.2, 0.25) is 17.8 Å².